The fourth-order valence-corrected chi connectivity index (χ4v) is 5.93. The first-order chi connectivity index (χ1) is 13.9. The number of carbonyl (C=O) groups excluding carboxylic acids is 1. The van der Waals surface area contributed by atoms with Crippen LogP contribution in [0.2, 0.25) is 5.02 Å². The molecular weight excluding hydrogens is 458 g/mol. The lowest BCUT2D eigenvalue weighted by atomic mass is 10.2. The minimum atomic E-state index is -4.06. The van der Waals surface area contributed by atoms with Crippen molar-refractivity contribution in [2.75, 3.05) is 39.5 Å². The number of hydrogen-bond donors (Lipinski definition) is 1. The number of nitrogens with one attached hydrogen (secondary N) is 1. The zero-order valence-electron chi connectivity index (χ0n) is 17.2. The second-order valence-corrected chi connectivity index (χ2v) is 11.3. The van der Waals surface area contributed by atoms with E-state index in [1.165, 1.54) is 30.6 Å². The van der Waals surface area contributed by atoms with Crippen LogP contribution in [0.3, 0.4) is 0 Å². The van der Waals surface area contributed by atoms with Gasteiger partial charge in [0.25, 0.3) is 15.9 Å². The first-order valence-electron chi connectivity index (χ1n) is 9.12. The van der Waals surface area contributed by atoms with Gasteiger partial charge in [0, 0.05) is 32.2 Å². The highest BCUT2D eigenvalue weighted by Gasteiger charge is 2.31. The molecule has 30 heavy (non-hydrogen) atoms. The normalized spacial score (nSPS) is 21.0. The number of benzene rings is 1. The Morgan fingerprint density at radius 3 is 2.43 bits per heavy atom. The average molecular weight is 484 g/mol. The molecule has 1 saturated heterocycles. The third kappa shape index (κ3) is 5.90. The molecule has 0 aromatic heterocycles. The van der Waals surface area contributed by atoms with E-state index >= 15 is 0 Å². The Morgan fingerprint density at radius 2 is 1.87 bits per heavy atom. The van der Waals surface area contributed by atoms with Crippen molar-refractivity contribution in [1.82, 2.24) is 14.1 Å². The third-order valence-electron chi connectivity index (χ3n) is 4.49. The van der Waals surface area contributed by atoms with Crippen LogP contribution < -0.4 is 5.32 Å². The standard InChI is InChI=1S/C17H26ClN3O7S2/c1-12-10-21(11-13(2)28-12)29(23,24)8-7-19-17(22)14-5-6-15(18)16(9-14)30(25,26)20(3)27-4/h5-6,9,12-13H,7-8,10-11H2,1-4H3,(H,19,22). The van der Waals surface area contributed by atoms with Crippen LogP contribution in [-0.2, 0) is 29.6 Å². The first kappa shape index (κ1) is 25.0. The van der Waals surface area contributed by atoms with Gasteiger partial charge in [-0.2, -0.15) is 4.31 Å². The van der Waals surface area contributed by atoms with Crippen molar-refractivity contribution >= 4 is 37.6 Å². The van der Waals surface area contributed by atoms with Crippen LogP contribution in [0.25, 0.3) is 0 Å². The molecule has 1 aliphatic heterocycles. The molecule has 0 spiro atoms. The Hall–Kier alpha value is -1.28. The molecule has 13 heteroatoms. The Kier molecular flexibility index (Phi) is 8.24. The van der Waals surface area contributed by atoms with Gasteiger partial charge in [-0.1, -0.05) is 16.1 Å². The maximum Gasteiger partial charge on any atom is 0.266 e. The number of hydrogen-bond acceptors (Lipinski definition) is 7. The molecule has 0 aliphatic carbocycles. The van der Waals surface area contributed by atoms with Gasteiger partial charge in [-0.3, -0.25) is 9.63 Å². The van der Waals surface area contributed by atoms with Crippen molar-refractivity contribution in [2.24, 2.45) is 0 Å². The van der Waals surface area contributed by atoms with Gasteiger partial charge in [-0.15, -0.1) is 0 Å². The quantitative estimate of drug-likeness (QED) is 0.539. The largest absolute Gasteiger partial charge is 0.373 e. The van der Waals surface area contributed by atoms with E-state index in [1.54, 1.807) is 13.8 Å². The van der Waals surface area contributed by atoms with Crippen molar-refractivity contribution in [3.63, 3.8) is 0 Å². The minimum absolute atomic E-state index is 0.0218. The summed E-state index contributed by atoms with van der Waals surface area (Å²) in [6.07, 6.45) is -0.421. The molecule has 1 heterocycles. The molecule has 2 unspecified atom stereocenters. The van der Waals surface area contributed by atoms with E-state index in [0.717, 1.165) is 6.07 Å². The van der Waals surface area contributed by atoms with Gasteiger partial charge in [-0.25, -0.2) is 16.8 Å². The molecule has 2 atom stereocenters. The lowest BCUT2D eigenvalue weighted by molar-refractivity contribution is -0.0440. The summed E-state index contributed by atoms with van der Waals surface area (Å²) in [6.45, 7) is 3.97. The summed E-state index contributed by atoms with van der Waals surface area (Å²) in [7, 11) is -5.27. The number of carbonyl (C=O) groups is 1. The minimum Gasteiger partial charge on any atom is -0.373 e. The molecular formula is C17H26ClN3O7S2. The van der Waals surface area contributed by atoms with Gasteiger partial charge in [-0.05, 0) is 32.0 Å². The topological polar surface area (TPSA) is 122 Å². The predicted molar refractivity (Wildman–Crippen MR) is 111 cm³/mol. The lowest BCUT2D eigenvalue weighted by Gasteiger charge is -2.34. The van der Waals surface area contributed by atoms with E-state index in [0.29, 0.717) is 4.47 Å². The highest BCUT2D eigenvalue weighted by atomic mass is 35.5. The van der Waals surface area contributed by atoms with Crippen molar-refractivity contribution in [3.05, 3.63) is 28.8 Å². The SMILES string of the molecule is CON(C)S(=O)(=O)c1cc(C(=O)NCCS(=O)(=O)N2CC(C)OC(C)C2)ccc1Cl. The van der Waals surface area contributed by atoms with Gasteiger partial charge in [0.15, 0.2) is 0 Å². The fourth-order valence-electron chi connectivity index (χ4n) is 2.96. The molecule has 2 rings (SSSR count). The van der Waals surface area contributed by atoms with Crippen molar-refractivity contribution < 1.29 is 31.2 Å². The fraction of sp³-hybridized carbons (Fsp3) is 0.588. The van der Waals surface area contributed by atoms with Gasteiger partial charge < -0.3 is 10.1 Å². The van der Waals surface area contributed by atoms with E-state index in [4.69, 9.17) is 21.2 Å². The Labute approximate surface area is 182 Å². The van der Waals surface area contributed by atoms with Crippen LogP contribution in [0.4, 0.5) is 0 Å². The molecule has 1 N–H and O–H groups in total. The average Bonchev–Trinajstić information content (AvgIpc) is 2.66. The first-order valence-corrected chi connectivity index (χ1v) is 12.5. The number of nitrogens with zero attached hydrogens (tertiary/aromatic N) is 2. The molecule has 0 saturated carbocycles. The van der Waals surface area contributed by atoms with Crippen LogP contribution in [-0.4, -0.2) is 83.3 Å². The Bertz CT molecular complexity index is 975. The van der Waals surface area contributed by atoms with Crippen LogP contribution in [0, 0.1) is 0 Å². The number of halogens is 1. The maximum absolute atomic E-state index is 12.5. The van der Waals surface area contributed by atoms with Crippen molar-refractivity contribution in [3.8, 4) is 0 Å². The second kappa shape index (κ2) is 9.90. The molecule has 1 aromatic rings. The number of hydroxylamine groups is 1. The van der Waals surface area contributed by atoms with Crippen LogP contribution >= 0.6 is 11.6 Å². The van der Waals surface area contributed by atoms with E-state index in [9.17, 15) is 21.6 Å². The third-order valence-corrected chi connectivity index (χ3v) is 8.46. The summed E-state index contributed by atoms with van der Waals surface area (Å²) >= 11 is 5.97. The summed E-state index contributed by atoms with van der Waals surface area (Å²) in [5, 5.41) is 2.42. The van der Waals surface area contributed by atoms with Crippen LogP contribution in [0.5, 0.6) is 0 Å². The second-order valence-electron chi connectivity index (χ2n) is 6.89. The van der Waals surface area contributed by atoms with E-state index in [2.05, 4.69) is 5.32 Å². The lowest BCUT2D eigenvalue weighted by Crippen LogP contribution is -2.49. The van der Waals surface area contributed by atoms with Gasteiger partial charge in [0.1, 0.15) is 4.90 Å². The monoisotopic (exact) mass is 483 g/mol. The predicted octanol–water partition coefficient (Wildman–Crippen LogP) is 0.691. The van der Waals surface area contributed by atoms with E-state index < -0.39 is 26.0 Å². The number of morpholine rings is 1. The number of sulfonamides is 2. The molecule has 170 valence electrons. The van der Waals surface area contributed by atoms with E-state index in [-0.39, 0.29) is 53.1 Å². The van der Waals surface area contributed by atoms with Gasteiger partial charge in [0.05, 0.1) is 30.1 Å². The molecule has 1 aliphatic rings. The highest BCUT2D eigenvalue weighted by molar-refractivity contribution is 7.89. The summed E-state index contributed by atoms with van der Waals surface area (Å²) in [5.41, 5.74) is 0.0218. The van der Waals surface area contributed by atoms with Gasteiger partial charge in [0.2, 0.25) is 10.0 Å². The van der Waals surface area contributed by atoms with E-state index in [1.807, 2.05) is 0 Å². The maximum atomic E-state index is 12.5. The molecule has 1 aromatic carbocycles. The molecule has 1 fully saturated rings. The summed E-state index contributed by atoms with van der Waals surface area (Å²) < 4.78 is 57.4. The van der Waals surface area contributed by atoms with Gasteiger partial charge >= 0.3 is 0 Å². The smallest absolute Gasteiger partial charge is 0.266 e. The molecule has 0 radical (unpaired) electrons. The summed E-state index contributed by atoms with van der Waals surface area (Å²) in [6, 6.07) is 3.74. The summed E-state index contributed by atoms with van der Waals surface area (Å²) in [4.78, 5) is 16.8. The van der Waals surface area contributed by atoms with Crippen LogP contribution in [0.15, 0.2) is 23.1 Å². The number of amides is 1. The number of rotatable bonds is 8. The zero-order chi connectivity index (χ0) is 22.7. The zero-order valence-corrected chi connectivity index (χ0v) is 19.6. The Balaban J connectivity index is 2.06. The Morgan fingerprint density at radius 1 is 1.27 bits per heavy atom. The number of ether oxygens (including phenoxy) is 1. The molecule has 1 amide bonds. The molecule has 0 bridgehead atoms. The van der Waals surface area contributed by atoms with Crippen molar-refractivity contribution in [2.45, 2.75) is 31.0 Å². The van der Waals surface area contributed by atoms with Crippen molar-refractivity contribution in [1.29, 1.82) is 0 Å². The molecule has 10 nitrogen and oxygen atoms in total. The highest BCUT2D eigenvalue weighted by Crippen LogP contribution is 2.25. The van der Waals surface area contributed by atoms with Crippen LogP contribution in [0.1, 0.15) is 24.2 Å². The summed E-state index contributed by atoms with van der Waals surface area (Å²) in [5.74, 6) is -0.911.